The number of halogens is 3. The quantitative estimate of drug-likeness (QED) is 0.808. The molecular weight excluding hydrogens is 403 g/mol. The van der Waals surface area contributed by atoms with Crippen molar-refractivity contribution >= 4 is 11.8 Å². The third-order valence-corrected chi connectivity index (χ3v) is 5.01. The van der Waals surface area contributed by atoms with E-state index in [4.69, 9.17) is 19.4 Å². The number of anilines is 1. The fourth-order valence-electron chi connectivity index (χ4n) is 3.52. The average Bonchev–Trinajstić information content (AvgIpc) is 3.11. The third kappa shape index (κ3) is 5.82. The van der Waals surface area contributed by atoms with E-state index in [0.29, 0.717) is 6.61 Å². The average molecular weight is 425 g/mol. The minimum atomic E-state index is -5.08. The minimum absolute atomic E-state index is 0.0296. The molecule has 1 unspecified atom stereocenters. The van der Waals surface area contributed by atoms with Gasteiger partial charge < -0.3 is 19.5 Å². The van der Waals surface area contributed by atoms with Gasteiger partial charge in [0.2, 0.25) is 0 Å². The van der Waals surface area contributed by atoms with Crippen LogP contribution in [0.3, 0.4) is 0 Å². The van der Waals surface area contributed by atoms with Crippen LogP contribution >= 0.6 is 0 Å². The molecule has 0 amide bonds. The number of rotatable bonds is 3. The van der Waals surface area contributed by atoms with Gasteiger partial charge in [0, 0.05) is 31.9 Å². The smallest absolute Gasteiger partial charge is 0.488 e. The van der Waals surface area contributed by atoms with Crippen molar-refractivity contribution in [2.75, 3.05) is 24.6 Å². The van der Waals surface area contributed by atoms with E-state index in [1.165, 1.54) is 0 Å². The molecule has 2 aliphatic rings. The van der Waals surface area contributed by atoms with E-state index in [2.05, 4.69) is 14.9 Å². The Morgan fingerprint density at radius 1 is 1.20 bits per heavy atom. The SMILES string of the molecule is O=C(O)C(F)(F)F.c1ccc(OC2COC3(CCN(c4cnccn4)CC3)C2)cc1. The highest BCUT2D eigenvalue weighted by Gasteiger charge is 2.44. The van der Waals surface area contributed by atoms with Crippen LogP contribution in [0.25, 0.3) is 0 Å². The molecule has 30 heavy (non-hydrogen) atoms. The largest absolute Gasteiger partial charge is 0.490 e. The van der Waals surface area contributed by atoms with Crippen LogP contribution in [0.4, 0.5) is 19.0 Å². The second-order valence-electron chi connectivity index (χ2n) is 7.10. The van der Waals surface area contributed by atoms with Crippen molar-refractivity contribution in [1.29, 1.82) is 0 Å². The summed E-state index contributed by atoms with van der Waals surface area (Å²) in [6, 6.07) is 10.0. The number of benzene rings is 1. The van der Waals surface area contributed by atoms with Crippen LogP contribution in [-0.4, -0.2) is 58.6 Å². The zero-order chi connectivity index (χ0) is 21.6. The van der Waals surface area contributed by atoms with Crippen LogP contribution in [-0.2, 0) is 9.53 Å². The Kier molecular flexibility index (Phi) is 6.76. The predicted molar refractivity (Wildman–Crippen MR) is 101 cm³/mol. The summed E-state index contributed by atoms with van der Waals surface area (Å²) >= 11 is 0. The van der Waals surface area contributed by atoms with Gasteiger partial charge in [-0.3, -0.25) is 4.98 Å². The standard InChI is InChI=1S/C18H21N3O2.C2HF3O2/c1-2-4-15(5-3-1)23-16-12-18(22-14-16)6-10-21(11-7-18)17-13-19-8-9-20-17;3-2(4,5)1(6)7/h1-5,8-9,13,16H,6-7,10-12,14H2;(H,6,7). The lowest BCUT2D eigenvalue weighted by Crippen LogP contribution is -2.44. The zero-order valence-corrected chi connectivity index (χ0v) is 16.1. The molecule has 10 heteroatoms. The molecule has 0 aliphatic carbocycles. The first kappa shape index (κ1) is 21.8. The molecule has 0 bridgehead atoms. The summed E-state index contributed by atoms with van der Waals surface area (Å²) in [6.07, 6.45) is 3.35. The Morgan fingerprint density at radius 3 is 2.43 bits per heavy atom. The fraction of sp³-hybridized carbons (Fsp3) is 0.450. The Balaban J connectivity index is 0.000000318. The van der Waals surface area contributed by atoms with Gasteiger partial charge in [0.25, 0.3) is 0 Å². The van der Waals surface area contributed by atoms with E-state index in [1.807, 2.05) is 36.5 Å². The van der Waals surface area contributed by atoms with Crippen LogP contribution in [0.2, 0.25) is 0 Å². The number of carboxylic acids is 1. The predicted octanol–water partition coefficient (Wildman–Crippen LogP) is 3.32. The summed E-state index contributed by atoms with van der Waals surface area (Å²) in [5.74, 6) is -0.875. The maximum atomic E-state index is 10.6. The van der Waals surface area contributed by atoms with E-state index in [0.717, 1.165) is 43.9 Å². The Morgan fingerprint density at radius 2 is 1.87 bits per heavy atom. The first-order valence-electron chi connectivity index (χ1n) is 9.44. The number of hydrogen-bond donors (Lipinski definition) is 1. The van der Waals surface area contributed by atoms with Crippen molar-refractivity contribution in [2.45, 2.75) is 37.1 Å². The molecule has 2 aliphatic heterocycles. The van der Waals surface area contributed by atoms with Crippen molar-refractivity contribution in [3.8, 4) is 5.75 Å². The van der Waals surface area contributed by atoms with Gasteiger partial charge in [-0.15, -0.1) is 0 Å². The lowest BCUT2D eigenvalue weighted by Gasteiger charge is -2.38. The molecule has 2 saturated heterocycles. The number of piperidine rings is 1. The molecule has 2 aromatic rings. The topological polar surface area (TPSA) is 84.8 Å². The Bertz CT molecular complexity index is 813. The second kappa shape index (κ2) is 9.29. The number of carbonyl (C=O) groups is 1. The van der Waals surface area contributed by atoms with Crippen molar-refractivity contribution in [1.82, 2.24) is 9.97 Å². The lowest BCUT2D eigenvalue weighted by atomic mass is 9.88. The molecule has 1 aromatic carbocycles. The van der Waals surface area contributed by atoms with Gasteiger partial charge in [-0.1, -0.05) is 18.2 Å². The summed E-state index contributed by atoms with van der Waals surface area (Å²) in [4.78, 5) is 19.7. The number of hydrogen-bond acceptors (Lipinski definition) is 6. The maximum absolute atomic E-state index is 10.6. The number of aromatic nitrogens is 2. The molecule has 1 atom stereocenters. The first-order valence-corrected chi connectivity index (χ1v) is 9.44. The Labute approximate surface area is 171 Å². The monoisotopic (exact) mass is 425 g/mol. The van der Waals surface area contributed by atoms with Crippen LogP contribution in [0.5, 0.6) is 5.75 Å². The van der Waals surface area contributed by atoms with Crippen LogP contribution < -0.4 is 9.64 Å². The molecule has 7 nitrogen and oxygen atoms in total. The summed E-state index contributed by atoms with van der Waals surface area (Å²) in [5.41, 5.74) is -0.0296. The minimum Gasteiger partial charge on any atom is -0.488 e. The summed E-state index contributed by atoms with van der Waals surface area (Å²) in [7, 11) is 0. The summed E-state index contributed by atoms with van der Waals surface area (Å²) < 4.78 is 44.0. The third-order valence-electron chi connectivity index (χ3n) is 5.01. The molecule has 0 saturated carbocycles. The molecule has 2 fully saturated rings. The molecular formula is C20H22F3N3O4. The summed E-state index contributed by atoms with van der Waals surface area (Å²) in [6.45, 7) is 2.59. The molecule has 162 valence electrons. The Hall–Kier alpha value is -2.88. The van der Waals surface area contributed by atoms with Gasteiger partial charge in [0.05, 0.1) is 18.4 Å². The first-order chi connectivity index (χ1) is 14.3. The van der Waals surface area contributed by atoms with E-state index in [1.54, 1.807) is 12.4 Å². The number of ether oxygens (including phenoxy) is 2. The molecule has 1 aromatic heterocycles. The molecule has 1 N–H and O–H groups in total. The number of aliphatic carboxylic acids is 1. The molecule has 4 rings (SSSR count). The highest BCUT2D eigenvalue weighted by atomic mass is 19.4. The second-order valence-corrected chi connectivity index (χ2v) is 7.10. The van der Waals surface area contributed by atoms with Gasteiger partial charge in [-0.25, -0.2) is 9.78 Å². The van der Waals surface area contributed by atoms with Gasteiger partial charge in [-0.05, 0) is 25.0 Å². The zero-order valence-electron chi connectivity index (χ0n) is 16.1. The van der Waals surface area contributed by atoms with E-state index in [9.17, 15) is 13.2 Å². The van der Waals surface area contributed by atoms with Crippen molar-refractivity contribution < 1.29 is 32.5 Å². The van der Waals surface area contributed by atoms with Gasteiger partial charge in [0.1, 0.15) is 17.7 Å². The van der Waals surface area contributed by atoms with Gasteiger partial charge in [-0.2, -0.15) is 13.2 Å². The van der Waals surface area contributed by atoms with E-state index < -0.39 is 12.1 Å². The molecule has 1 spiro atoms. The highest BCUT2D eigenvalue weighted by molar-refractivity contribution is 5.73. The number of para-hydroxylation sites is 1. The van der Waals surface area contributed by atoms with Crippen LogP contribution in [0.1, 0.15) is 19.3 Å². The van der Waals surface area contributed by atoms with Crippen molar-refractivity contribution in [3.63, 3.8) is 0 Å². The molecule has 3 heterocycles. The van der Waals surface area contributed by atoms with Crippen LogP contribution in [0, 0.1) is 0 Å². The fourth-order valence-corrected chi connectivity index (χ4v) is 3.52. The number of alkyl halides is 3. The van der Waals surface area contributed by atoms with Gasteiger partial charge >= 0.3 is 12.1 Å². The molecule has 0 radical (unpaired) electrons. The normalized spacial score (nSPS) is 20.4. The summed E-state index contributed by atoms with van der Waals surface area (Å²) in [5, 5.41) is 7.12. The number of carboxylic acid groups (broad SMARTS) is 1. The van der Waals surface area contributed by atoms with Crippen LogP contribution in [0.15, 0.2) is 48.9 Å². The van der Waals surface area contributed by atoms with Crippen molar-refractivity contribution in [3.05, 3.63) is 48.9 Å². The lowest BCUT2D eigenvalue weighted by molar-refractivity contribution is -0.192. The van der Waals surface area contributed by atoms with E-state index >= 15 is 0 Å². The van der Waals surface area contributed by atoms with Crippen molar-refractivity contribution in [2.24, 2.45) is 0 Å². The van der Waals surface area contributed by atoms with Gasteiger partial charge in [0.15, 0.2) is 0 Å². The van der Waals surface area contributed by atoms with E-state index in [-0.39, 0.29) is 11.7 Å². The maximum Gasteiger partial charge on any atom is 0.490 e. The highest BCUT2D eigenvalue weighted by Crippen LogP contribution is 2.38. The number of nitrogens with zero attached hydrogens (tertiary/aromatic N) is 3.